The Balaban J connectivity index is 1.60. The van der Waals surface area contributed by atoms with Crippen LogP contribution in [-0.2, 0) is 14.2 Å². The van der Waals surface area contributed by atoms with Crippen LogP contribution in [0.25, 0.3) is 0 Å². The van der Waals surface area contributed by atoms with Crippen molar-refractivity contribution >= 4 is 0 Å². The summed E-state index contributed by atoms with van der Waals surface area (Å²) in [5.74, 6) is 0.602. The molecule has 2 atom stereocenters. The molecule has 0 amide bonds. The van der Waals surface area contributed by atoms with Gasteiger partial charge in [0.1, 0.15) is 0 Å². The summed E-state index contributed by atoms with van der Waals surface area (Å²) in [6.07, 6.45) is 4.70. The maximum Gasteiger partial charge on any atom is 0.157 e. The van der Waals surface area contributed by atoms with Gasteiger partial charge in [-0.1, -0.05) is 0 Å². The van der Waals surface area contributed by atoms with Crippen LogP contribution in [-0.4, -0.2) is 32.7 Å². The van der Waals surface area contributed by atoms with Crippen molar-refractivity contribution in [3.63, 3.8) is 0 Å². The molecule has 0 aromatic rings. The lowest BCUT2D eigenvalue weighted by Gasteiger charge is -2.23. The highest BCUT2D eigenvalue weighted by Gasteiger charge is 2.19. The van der Waals surface area contributed by atoms with Crippen molar-refractivity contribution in [3.05, 3.63) is 0 Å². The number of hydrogen-bond acceptors (Lipinski definition) is 3. The fraction of sp³-hybridized carbons (Fsp3) is 1.00. The van der Waals surface area contributed by atoms with E-state index in [0.717, 1.165) is 39.3 Å². The second kappa shape index (κ2) is 4.94. The normalized spacial score (nSPS) is 35.1. The fourth-order valence-electron chi connectivity index (χ4n) is 1.80. The maximum absolute atomic E-state index is 5.66. The summed E-state index contributed by atoms with van der Waals surface area (Å²) >= 11 is 0. The molecule has 0 aromatic carbocycles. The quantitative estimate of drug-likeness (QED) is 0.669. The van der Waals surface area contributed by atoms with Gasteiger partial charge in [0, 0.05) is 19.1 Å². The molecule has 0 aromatic heterocycles. The summed E-state index contributed by atoms with van der Waals surface area (Å²) in [6.45, 7) is 3.45. The average molecular weight is 186 g/mol. The Hall–Kier alpha value is -0.120. The zero-order chi connectivity index (χ0) is 8.93. The molecule has 0 N–H and O–H groups in total. The van der Waals surface area contributed by atoms with Gasteiger partial charge < -0.3 is 14.2 Å². The van der Waals surface area contributed by atoms with E-state index in [4.69, 9.17) is 14.2 Å². The van der Waals surface area contributed by atoms with Crippen LogP contribution in [0.3, 0.4) is 0 Å². The molecule has 3 heteroatoms. The minimum atomic E-state index is 0.0642. The van der Waals surface area contributed by atoms with E-state index >= 15 is 0 Å². The van der Waals surface area contributed by atoms with Crippen LogP contribution in [0.4, 0.5) is 0 Å². The Morgan fingerprint density at radius 3 is 2.85 bits per heavy atom. The summed E-state index contributed by atoms with van der Waals surface area (Å²) in [4.78, 5) is 0. The first kappa shape index (κ1) is 9.44. The van der Waals surface area contributed by atoms with Crippen LogP contribution < -0.4 is 0 Å². The van der Waals surface area contributed by atoms with Crippen molar-refractivity contribution < 1.29 is 14.2 Å². The highest BCUT2D eigenvalue weighted by atomic mass is 16.7. The predicted molar refractivity (Wildman–Crippen MR) is 48.5 cm³/mol. The molecule has 0 unspecified atom stereocenters. The summed E-state index contributed by atoms with van der Waals surface area (Å²) < 4.78 is 16.4. The SMILES string of the molecule is C1CC[C@H](OC[C@@H]2CCOC2)OC1. The fourth-order valence-corrected chi connectivity index (χ4v) is 1.80. The third kappa shape index (κ3) is 2.93. The van der Waals surface area contributed by atoms with Crippen LogP contribution in [0.1, 0.15) is 25.7 Å². The van der Waals surface area contributed by atoms with Gasteiger partial charge in [-0.05, 0) is 25.7 Å². The first-order valence-electron chi connectivity index (χ1n) is 5.26. The van der Waals surface area contributed by atoms with Crippen molar-refractivity contribution in [2.75, 3.05) is 26.4 Å². The Bertz CT molecular complexity index is 137. The van der Waals surface area contributed by atoms with E-state index in [1.54, 1.807) is 0 Å². The first-order valence-corrected chi connectivity index (χ1v) is 5.26. The largest absolute Gasteiger partial charge is 0.381 e. The van der Waals surface area contributed by atoms with Gasteiger partial charge in [-0.3, -0.25) is 0 Å². The molecule has 76 valence electrons. The van der Waals surface area contributed by atoms with E-state index < -0.39 is 0 Å². The molecule has 3 nitrogen and oxygen atoms in total. The molecule has 2 aliphatic heterocycles. The summed E-state index contributed by atoms with van der Waals surface area (Å²) in [5.41, 5.74) is 0. The van der Waals surface area contributed by atoms with Gasteiger partial charge in [0.25, 0.3) is 0 Å². The van der Waals surface area contributed by atoms with Gasteiger partial charge in [0.2, 0.25) is 0 Å². The molecule has 2 fully saturated rings. The van der Waals surface area contributed by atoms with Crippen molar-refractivity contribution in [1.29, 1.82) is 0 Å². The van der Waals surface area contributed by atoms with E-state index in [0.29, 0.717) is 5.92 Å². The Labute approximate surface area is 79.4 Å². The molecule has 0 aliphatic carbocycles. The minimum Gasteiger partial charge on any atom is -0.381 e. The average Bonchev–Trinajstić information content (AvgIpc) is 2.69. The number of rotatable bonds is 3. The topological polar surface area (TPSA) is 27.7 Å². The predicted octanol–water partition coefficient (Wildman–Crippen LogP) is 1.57. The highest BCUT2D eigenvalue weighted by molar-refractivity contribution is 4.64. The molecule has 0 bridgehead atoms. The monoisotopic (exact) mass is 186 g/mol. The molecular weight excluding hydrogens is 168 g/mol. The van der Waals surface area contributed by atoms with Crippen LogP contribution in [0.5, 0.6) is 0 Å². The van der Waals surface area contributed by atoms with Gasteiger partial charge >= 0.3 is 0 Å². The Morgan fingerprint density at radius 2 is 2.15 bits per heavy atom. The zero-order valence-corrected chi connectivity index (χ0v) is 8.04. The number of hydrogen-bond donors (Lipinski definition) is 0. The van der Waals surface area contributed by atoms with Crippen LogP contribution in [0.15, 0.2) is 0 Å². The van der Waals surface area contributed by atoms with Gasteiger partial charge in [-0.2, -0.15) is 0 Å². The highest BCUT2D eigenvalue weighted by Crippen LogP contribution is 2.17. The third-order valence-electron chi connectivity index (χ3n) is 2.68. The standard InChI is InChI=1S/C10H18O3/c1-2-5-12-10(3-1)13-8-9-4-6-11-7-9/h9-10H,1-8H2/t9-,10+/m1/s1. The van der Waals surface area contributed by atoms with Gasteiger partial charge in [0.15, 0.2) is 6.29 Å². The zero-order valence-electron chi connectivity index (χ0n) is 8.04. The summed E-state index contributed by atoms with van der Waals surface area (Å²) in [5, 5.41) is 0. The molecule has 0 spiro atoms. The lowest BCUT2D eigenvalue weighted by atomic mass is 10.1. The summed E-state index contributed by atoms with van der Waals surface area (Å²) in [7, 11) is 0. The molecule has 2 heterocycles. The lowest BCUT2D eigenvalue weighted by Crippen LogP contribution is -2.25. The van der Waals surface area contributed by atoms with Crippen LogP contribution >= 0.6 is 0 Å². The third-order valence-corrected chi connectivity index (χ3v) is 2.68. The van der Waals surface area contributed by atoms with E-state index in [2.05, 4.69) is 0 Å². The maximum atomic E-state index is 5.66. The smallest absolute Gasteiger partial charge is 0.157 e. The molecule has 2 aliphatic rings. The summed E-state index contributed by atoms with van der Waals surface area (Å²) in [6, 6.07) is 0. The molecule has 2 rings (SSSR count). The van der Waals surface area contributed by atoms with E-state index in [1.165, 1.54) is 12.8 Å². The van der Waals surface area contributed by atoms with E-state index in [1.807, 2.05) is 0 Å². The van der Waals surface area contributed by atoms with Crippen LogP contribution in [0.2, 0.25) is 0 Å². The minimum absolute atomic E-state index is 0.0642. The molecule has 2 saturated heterocycles. The second-order valence-corrected chi connectivity index (χ2v) is 3.86. The lowest BCUT2D eigenvalue weighted by molar-refractivity contribution is -0.168. The molecule has 0 saturated carbocycles. The molecule has 0 radical (unpaired) electrons. The number of ether oxygens (including phenoxy) is 3. The van der Waals surface area contributed by atoms with Gasteiger partial charge in [0.05, 0.1) is 13.2 Å². The van der Waals surface area contributed by atoms with E-state index in [-0.39, 0.29) is 6.29 Å². The van der Waals surface area contributed by atoms with Gasteiger partial charge in [-0.15, -0.1) is 0 Å². The van der Waals surface area contributed by atoms with Crippen molar-refractivity contribution in [2.45, 2.75) is 32.0 Å². The Morgan fingerprint density at radius 1 is 1.15 bits per heavy atom. The molecular formula is C10H18O3. The van der Waals surface area contributed by atoms with Crippen molar-refractivity contribution in [3.8, 4) is 0 Å². The van der Waals surface area contributed by atoms with Crippen molar-refractivity contribution in [1.82, 2.24) is 0 Å². The second-order valence-electron chi connectivity index (χ2n) is 3.86. The van der Waals surface area contributed by atoms with Crippen molar-refractivity contribution in [2.24, 2.45) is 5.92 Å². The Kier molecular flexibility index (Phi) is 3.58. The first-order chi connectivity index (χ1) is 6.45. The van der Waals surface area contributed by atoms with Gasteiger partial charge in [-0.25, -0.2) is 0 Å². The molecule has 13 heavy (non-hydrogen) atoms. The van der Waals surface area contributed by atoms with Crippen LogP contribution in [0, 0.1) is 5.92 Å². The van der Waals surface area contributed by atoms with E-state index in [9.17, 15) is 0 Å².